The third kappa shape index (κ3) is 2.84. The molecule has 0 fully saturated rings. The third-order valence-electron chi connectivity index (χ3n) is 4.22. The summed E-state index contributed by atoms with van der Waals surface area (Å²) < 4.78 is 42.7. The van der Waals surface area contributed by atoms with E-state index in [4.69, 9.17) is 11.6 Å². The molecule has 0 aliphatic heterocycles. The summed E-state index contributed by atoms with van der Waals surface area (Å²) in [6.45, 7) is -1.31. The third-order valence-corrected chi connectivity index (χ3v) is 4.46. The summed E-state index contributed by atoms with van der Waals surface area (Å²) in [6.07, 6.45) is -3.71. The quantitative estimate of drug-likeness (QED) is 0.523. The van der Waals surface area contributed by atoms with Gasteiger partial charge in [0.1, 0.15) is 0 Å². The van der Waals surface area contributed by atoms with Crippen LogP contribution in [0.3, 0.4) is 0 Å². The highest BCUT2D eigenvalue weighted by molar-refractivity contribution is 6.31. The number of rotatable bonds is 4. The van der Waals surface area contributed by atoms with Crippen LogP contribution in [0.25, 0.3) is 10.9 Å². The highest BCUT2D eigenvalue weighted by atomic mass is 35.5. The summed E-state index contributed by atoms with van der Waals surface area (Å²) in [6, 6.07) is 11.3. The number of nitrogens with zero attached hydrogens (tertiary/aromatic N) is 1. The summed E-state index contributed by atoms with van der Waals surface area (Å²) in [7, 11) is 0. The molecule has 0 aliphatic rings. The topological polar surface area (TPSA) is 58.9 Å². The van der Waals surface area contributed by atoms with E-state index in [0.717, 1.165) is 0 Å². The molecule has 2 aromatic carbocycles. The second kappa shape index (κ2) is 6.07. The molecule has 3 aromatic rings. The lowest BCUT2D eigenvalue weighted by Gasteiger charge is -2.32. The van der Waals surface area contributed by atoms with E-state index in [1.165, 1.54) is 48.7 Å². The van der Waals surface area contributed by atoms with Crippen LogP contribution in [0, 0.1) is 10.1 Å². The molecule has 130 valence electrons. The molecule has 0 amide bonds. The van der Waals surface area contributed by atoms with E-state index < -0.39 is 23.1 Å². The van der Waals surface area contributed by atoms with Gasteiger partial charge in [-0.2, -0.15) is 13.2 Å². The van der Waals surface area contributed by atoms with E-state index in [1.807, 2.05) is 0 Å². The highest BCUT2D eigenvalue weighted by Gasteiger charge is 2.61. The molecule has 0 saturated carbocycles. The molecule has 1 N–H and O–H groups in total. The van der Waals surface area contributed by atoms with Crippen molar-refractivity contribution >= 4 is 22.5 Å². The molecule has 8 heteroatoms. The van der Waals surface area contributed by atoms with E-state index in [-0.39, 0.29) is 16.5 Å². The Kier molecular flexibility index (Phi) is 4.20. The summed E-state index contributed by atoms with van der Waals surface area (Å²) in [5.41, 5.74) is -2.77. The number of hydrogen-bond acceptors (Lipinski definition) is 2. The van der Waals surface area contributed by atoms with Gasteiger partial charge in [0, 0.05) is 32.6 Å². The summed E-state index contributed by atoms with van der Waals surface area (Å²) >= 11 is 5.88. The minimum atomic E-state index is -4.88. The maximum Gasteiger partial charge on any atom is 0.408 e. The van der Waals surface area contributed by atoms with Gasteiger partial charge in [0.25, 0.3) is 0 Å². The Morgan fingerprint density at radius 2 is 1.80 bits per heavy atom. The van der Waals surface area contributed by atoms with E-state index in [0.29, 0.717) is 10.5 Å². The van der Waals surface area contributed by atoms with Crippen LogP contribution in [0.5, 0.6) is 0 Å². The van der Waals surface area contributed by atoms with Gasteiger partial charge in [-0.05, 0) is 17.7 Å². The van der Waals surface area contributed by atoms with Crippen LogP contribution < -0.4 is 0 Å². The zero-order valence-electron chi connectivity index (χ0n) is 12.7. The number of hydrogen-bond donors (Lipinski definition) is 1. The normalized spacial score (nSPS) is 14.4. The molecule has 1 heterocycles. The molecule has 0 aliphatic carbocycles. The van der Waals surface area contributed by atoms with Crippen LogP contribution in [0.4, 0.5) is 13.2 Å². The zero-order valence-corrected chi connectivity index (χ0v) is 13.4. The number of nitrogens with one attached hydrogen (secondary N) is 1. The van der Waals surface area contributed by atoms with Crippen molar-refractivity contribution in [3.05, 3.63) is 81.0 Å². The minimum Gasteiger partial charge on any atom is -0.361 e. The molecular weight excluding hydrogens is 357 g/mol. The average Bonchev–Trinajstić information content (AvgIpc) is 2.95. The number of nitro groups is 1. The first-order chi connectivity index (χ1) is 11.8. The van der Waals surface area contributed by atoms with Crippen molar-refractivity contribution in [3.8, 4) is 0 Å². The van der Waals surface area contributed by atoms with Gasteiger partial charge in [0.15, 0.2) is 5.41 Å². The van der Waals surface area contributed by atoms with Gasteiger partial charge in [-0.1, -0.05) is 48.0 Å². The van der Waals surface area contributed by atoms with Crippen molar-refractivity contribution < 1.29 is 18.1 Å². The van der Waals surface area contributed by atoms with Crippen molar-refractivity contribution in [2.45, 2.75) is 11.6 Å². The van der Waals surface area contributed by atoms with E-state index in [9.17, 15) is 23.3 Å². The van der Waals surface area contributed by atoms with Gasteiger partial charge < -0.3 is 4.98 Å². The molecule has 0 unspecified atom stereocenters. The SMILES string of the molecule is O=[N+]([O-])C[C@@](c1ccccc1)(c1c[nH]c2cc(Cl)ccc12)C(F)(F)F. The van der Waals surface area contributed by atoms with Gasteiger partial charge in [-0.15, -0.1) is 0 Å². The molecule has 0 bridgehead atoms. The standard InChI is InChI=1S/C17H12ClF3N2O2/c18-12-6-7-13-14(9-22-15(13)8-12)16(10-23(24)25,17(19,20)21)11-4-2-1-3-5-11/h1-9,22H,10H2/t16-/m1/s1. The average molecular weight is 369 g/mol. The summed E-state index contributed by atoms with van der Waals surface area (Å²) in [5, 5.41) is 11.8. The lowest BCUT2D eigenvalue weighted by atomic mass is 9.73. The minimum absolute atomic E-state index is 0.185. The van der Waals surface area contributed by atoms with Crippen molar-refractivity contribution in [2.24, 2.45) is 0 Å². The second-order valence-electron chi connectivity index (χ2n) is 5.65. The Morgan fingerprint density at radius 3 is 2.40 bits per heavy atom. The van der Waals surface area contributed by atoms with Crippen LogP contribution in [-0.4, -0.2) is 22.6 Å². The number of fused-ring (bicyclic) bond motifs is 1. The van der Waals surface area contributed by atoms with Gasteiger partial charge in [0.2, 0.25) is 6.54 Å². The van der Waals surface area contributed by atoms with Crippen LogP contribution in [0.2, 0.25) is 5.02 Å². The molecule has 1 atom stereocenters. The Hall–Kier alpha value is -2.54. The molecule has 0 spiro atoms. The molecule has 25 heavy (non-hydrogen) atoms. The van der Waals surface area contributed by atoms with Crippen LogP contribution in [0.15, 0.2) is 54.7 Å². The molecule has 4 nitrogen and oxygen atoms in total. The molecule has 0 saturated heterocycles. The maximum atomic E-state index is 14.2. The number of aromatic nitrogens is 1. The van der Waals surface area contributed by atoms with E-state index in [1.54, 1.807) is 6.07 Å². The summed E-state index contributed by atoms with van der Waals surface area (Å²) in [4.78, 5) is 13.0. The first kappa shape index (κ1) is 17.3. The monoisotopic (exact) mass is 368 g/mol. The van der Waals surface area contributed by atoms with Crippen molar-refractivity contribution in [2.75, 3.05) is 6.54 Å². The van der Waals surface area contributed by atoms with Gasteiger partial charge in [-0.3, -0.25) is 10.1 Å². The predicted octanol–water partition coefficient (Wildman–Crippen LogP) is 4.95. The van der Waals surface area contributed by atoms with E-state index in [2.05, 4.69) is 4.98 Å². The molecule has 3 rings (SSSR count). The highest BCUT2D eigenvalue weighted by Crippen LogP contribution is 2.48. The zero-order chi connectivity index (χ0) is 18.2. The number of aromatic amines is 1. The molecule has 1 aromatic heterocycles. The Bertz CT molecular complexity index is 925. The fourth-order valence-electron chi connectivity index (χ4n) is 3.11. The van der Waals surface area contributed by atoms with Gasteiger partial charge in [-0.25, -0.2) is 0 Å². The Labute approximate surface area is 145 Å². The van der Waals surface area contributed by atoms with Crippen molar-refractivity contribution in [3.63, 3.8) is 0 Å². The first-order valence-electron chi connectivity index (χ1n) is 7.27. The van der Waals surface area contributed by atoms with Gasteiger partial charge >= 0.3 is 6.18 Å². The predicted molar refractivity (Wildman–Crippen MR) is 88.4 cm³/mol. The molecular formula is C17H12ClF3N2O2. The number of alkyl halides is 3. The van der Waals surface area contributed by atoms with Crippen LogP contribution >= 0.6 is 11.6 Å². The smallest absolute Gasteiger partial charge is 0.361 e. The van der Waals surface area contributed by atoms with Crippen LogP contribution in [0.1, 0.15) is 11.1 Å². The van der Waals surface area contributed by atoms with Gasteiger partial charge in [0.05, 0.1) is 0 Å². The molecule has 0 radical (unpaired) electrons. The number of benzene rings is 2. The lowest BCUT2D eigenvalue weighted by molar-refractivity contribution is -0.498. The number of H-pyrrole nitrogens is 1. The van der Waals surface area contributed by atoms with E-state index >= 15 is 0 Å². The first-order valence-corrected chi connectivity index (χ1v) is 7.64. The lowest BCUT2D eigenvalue weighted by Crippen LogP contribution is -2.48. The Balaban J connectivity index is 2.38. The Morgan fingerprint density at radius 1 is 1.12 bits per heavy atom. The second-order valence-corrected chi connectivity index (χ2v) is 6.09. The fourth-order valence-corrected chi connectivity index (χ4v) is 3.28. The largest absolute Gasteiger partial charge is 0.408 e. The fraction of sp³-hybridized carbons (Fsp3) is 0.176. The number of halogens is 4. The van der Waals surface area contributed by atoms with Crippen LogP contribution in [-0.2, 0) is 5.41 Å². The summed E-state index contributed by atoms with van der Waals surface area (Å²) in [5.74, 6) is 0. The maximum absolute atomic E-state index is 14.2. The van der Waals surface area contributed by atoms with Crippen molar-refractivity contribution in [1.29, 1.82) is 0 Å². The van der Waals surface area contributed by atoms with Crippen molar-refractivity contribution in [1.82, 2.24) is 4.98 Å².